The molecule has 1 amide bonds. The number of carbonyl (C=O) groups excluding carboxylic acids is 1. The van der Waals surface area contributed by atoms with Crippen molar-refractivity contribution >= 4 is 22.4 Å². The molecule has 0 spiro atoms. The third-order valence-electron chi connectivity index (χ3n) is 3.16. The normalized spacial score (nSPS) is 11.0. The van der Waals surface area contributed by atoms with Crippen LogP contribution in [0.2, 0.25) is 0 Å². The SMILES string of the molecule is Cc1nc(-c2ccc(C(=O)Nc3nnc(C(C)C)s3)cc2)n[nH]1. The summed E-state index contributed by atoms with van der Waals surface area (Å²) in [4.78, 5) is 16.5. The molecular weight excluding hydrogens is 312 g/mol. The lowest BCUT2D eigenvalue weighted by atomic mass is 10.1. The summed E-state index contributed by atoms with van der Waals surface area (Å²) in [7, 11) is 0. The molecule has 7 nitrogen and oxygen atoms in total. The molecule has 3 rings (SSSR count). The lowest BCUT2D eigenvalue weighted by Crippen LogP contribution is -2.11. The van der Waals surface area contributed by atoms with Gasteiger partial charge in [0.15, 0.2) is 5.82 Å². The number of hydrogen-bond donors (Lipinski definition) is 2. The van der Waals surface area contributed by atoms with E-state index in [0.717, 1.165) is 16.4 Å². The van der Waals surface area contributed by atoms with Crippen LogP contribution in [0, 0.1) is 6.92 Å². The van der Waals surface area contributed by atoms with Crippen molar-refractivity contribution in [1.82, 2.24) is 25.4 Å². The van der Waals surface area contributed by atoms with Gasteiger partial charge in [0.05, 0.1) is 0 Å². The second-order valence-corrected chi connectivity index (χ2v) is 6.39. The molecule has 0 unspecified atom stereocenters. The van der Waals surface area contributed by atoms with E-state index in [1.807, 2.05) is 32.9 Å². The van der Waals surface area contributed by atoms with Gasteiger partial charge >= 0.3 is 0 Å². The van der Waals surface area contributed by atoms with E-state index in [1.54, 1.807) is 12.1 Å². The van der Waals surface area contributed by atoms with Gasteiger partial charge in [-0.15, -0.1) is 10.2 Å². The van der Waals surface area contributed by atoms with Crippen LogP contribution in [0.1, 0.15) is 41.0 Å². The molecule has 0 atom stereocenters. The number of anilines is 1. The molecule has 0 aliphatic heterocycles. The average Bonchev–Trinajstić information content (AvgIpc) is 3.16. The van der Waals surface area contributed by atoms with Crippen molar-refractivity contribution in [2.75, 3.05) is 5.32 Å². The first-order valence-corrected chi connectivity index (χ1v) is 7.99. The van der Waals surface area contributed by atoms with Gasteiger partial charge < -0.3 is 0 Å². The van der Waals surface area contributed by atoms with Gasteiger partial charge in [-0.05, 0) is 19.1 Å². The molecule has 23 heavy (non-hydrogen) atoms. The highest BCUT2D eigenvalue weighted by molar-refractivity contribution is 7.15. The van der Waals surface area contributed by atoms with Gasteiger partial charge in [-0.1, -0.05) is 37.3 Å². The molecule has 8 heteroatoms. The summed E-state index contributed by atoms with van der Waals surface area (Å²) in [6.45, 7) is 5.91. The summed E-state index contributed by atoms with van der Waals surface area (Å²) >= 11 is 1.39. The Labute approximate surface area is 137 Å². The molecule has 0 saturated heterocycles. The molecule has 0 aliphatic rings. The Morgan fingerprint density at radius 1 is 1.22 bits per heavy atom. The molecular formula is C15H16N6OS. The predicted molar refractivity (Wildman–Crippen MR) is 88.5 cm³/mol. The number of nitrogens with zero attached hydrogens (tertiary/aromatic N) is 4. The van der Waals surface area contributed by atoms with E-state index in [4.69, 9.17) is 0 Å². The summed E-state index contributed by atoms with van der Waals surface area (Å²) in [6.07, 6.45) is 0. The highest BCUT2D eigenvalue weighted by atomic mass is 32.1. The minimum atomic E-state index is -0.214. The quantitative estimate of drug-likeness (QED) is 0.767. The maximum absolute atomic E-state index is 12.2. The molecule has 2 heterocycles. The van der Waals surface area contributed by atoms with Gasteiger partial charge in [-0.2, -0.15) is 5.10 Å². The summed E-state index contributed by atoms with van der Waals surface area (Å²) in [5, 5.41) is 19.1. The van der Waals surface area contributed by atoms with Crippen molar-refractivity contribution < 1.29 is 4.79 Å². The van der Waals surface area contributed by atoms with Crippen LogP contribution in [0.4, 0.5) is 5.13 Å². The molecule has 118 valence electrons. The van der Waals surface area contributed by atoms with Crippen LogP contribution in [-0.2, 0) is 0 Å². The molecule has 2 N–H and O–H groups in total. The number of carbonyl (C=O) groups is 1. The summed E-state index contributed by atoms with van der Waals surface area (Å²) in [6, 6.07) is 7.11. The van der Waals surface area contributed by atoms with Gasteiger partial charge in [0, 0.05) is 17.0 Å². The molecule has 0 fully saturated rings. The molecule has 0 aliphatic carbocycles. The molecule has 3 aromatic rings. The summed E-state index contributed by atoms with van der Waals surface area (Å²) < 4.78 is 0. The zero-order valence-electron chi connectivity index (χ0n) is 13.0. The first-order chi connectivity index (χ1) is 11.0. The maximum Gasteiger partial charge on any atom is 0.257 e. The van der Waals surface area contributed by atoms with Crippen LogP contribution >= 0.6 is 11.3 Å². The van der Waals surface area contributed by atoms with Gasteiger partial charge in [-0.3, -0.25) is 15.2 Å². The lowest BCUT2D eigenvalue weighted by Gasteiger charge is -2.02. The van der Waals surface area contributed by atoms with E-state index in [-0.39, 0.29) is 5.91 Å². The van der Waals surface area contributed by atoms with E-state index < -0.39 is 0 Å². The molecule has 0 saturated carbocycles. The molecule has 1 aromatic carbocycles. The molecule has 2 aromatic heterocycles. The van der Waals surface area contributed by atoms with Gasteiger partial charge in [0.25, 0.3) is 5.91 Å². The molecule has 0 bridgehead atoms. The third kappa shape index (κ3) is 3.42. The predicted octanol–water partition coefficient (Wildman–Crippen LogP) is 3.01. The van der Waals surface area contributed by atoms with E-state index in [0.29, 0.717) is 22.4 Å². The first kappa shape index (κ1) is 15.3. The van der Waals surface area contributed by atoms with Crippen molar-refractivity contribution in [2.45, 2.75) is 26.7 Å². The van der Waals surface area contributed by atoms with Crippen LogP contribution in [0.3, 0.4) is 0 Å². The fourth-order valence-corrected chi connectivity index (χ4v) is 2.67. The number of rotatable bonds is 4. The maximum atomic E-state index is 12.2. The van der Waals surface area contributed by atoms with E-state index in [1.165, 1.54) is 11.3 Å². The molecule has 0 radical (unpaired) electrons. The second kappa shape index (κ2) is 6.25. The van der Waals surface area contributed by atoms with Crippen molar-refractivity contribution in [3.8, 4) is 11.4 Å². The first-order valence-electron chi connectivity index (χ1n) is 7.17. The van der Waals surface area contributed by atoms with Crippen molar-refractivity contribution in [3.05, 3.63) is 40.7 Å². The van der Waals surface area contributed by atoms with Crippen molar-refractivity contribution in [2.24, 2.45) is 0 Å². The number of amides is 1. The van der Waals surface area contributed by atoms with E-state index in [2.05, 4.69) is 30.7 Å². The highest BCUT2D eigenvalue weighted by Crippen LogP contribution is 2.23. The van der Waals surface area contributed by atoms with Crippen LogP contribution < -0.4 is 5.32 Å². The Bertz CT molecular complexity index is 821. The summed E-state index contributed by atoms with van der Waals surface area (Å²) in [5.41, 5.74) is 1.39. The number of aromatic amines is 1. The topological polar surface area (TPSA) is 96.5 Å². The minimum Gasteiger partial charge on any atom is -0.296 e. The van der Waals surface area contributed by atoms with Gasteiger partial charge in [0.1, 0.15) is 10.8 Å². The van der Waals surface area contributed by atoms with Crippen LogP contribution in [0.15, 0.2) is 24.3 Å². The van der Waals surface area contributed by atoms with E-state index >= 15 is 0 Å². The van der Waals surface area contributed by atoms with Crippen molar-refractivity contribution in [3.63, 3.8) is 0 Å². The Kier molecular flexibility index (Phi) is 4.16. The summed E-state index contributed by atoms with van der Waals surface area (Å²) in [5.74, 6) is 1.44. The largest absolute Gasteiger partial charge is 0.296 e. The Hall–Kier alpha value is -2.61. The average molecular weight is 328 g/mol. The number of nitrogens with one attached hydrogen (secondary N) is 2. The number of benzene rings is 1. The second-order valence-electron chi connectivity index (χ2n) is 5.38. The number of H-pyrrole nitrogens is 1. The zero-order valence-corrected chi connectivity index (χ0v) is 13.8. The fraction of sp³-hybridized carbons (Fsp3) is 0.267. The van der Waals surface area contributed by atoms with Gasteiger partial charge in [0.2, 0.25) is 5.13 Å². The number of aryl methyl sites for hydroxylation is 1. The Balaban J connectivity index is 1.72. The van der Waals surface area contributed by atoms with Crippen LogP contribution in [0.25, 0.3) is 11.4 Å². The Morgan fingerprint density at radius 2 is 1.96 bits per heavy atom. The third-order valence-corrected chi connectivity index (χ3v) is 4.30. The fourth-order valence-electron chi connectivity index (χ4n) is 1.93. The smallest absolute Gasteiger partial charge is 0.257 e. The van der Waals surface area contributed by atoms with Gasteiger partial charge in [-0.25, -0.2) is 4.98 Å². The minimum absolute atomic E-state index is 0.214. The standard InChI is InChI=1S/C15H16N6OS/c1-8(2)14-20-21-15(23-14)17-13(22)11-6-4-10(5-7-11)12-16-9(3)18-19-12/h4-8H,1-3H3,(H,16,18,19)(H,17,21,22). The van der Waals surface area contributed by atoms with E-state index in [9.17, 15) is 4.79 Å². The van der Waals surface area contributed by atoms with Crippen LogP contribution in [0.5, 0.6) is 0 Å². The number of hydrogen-bond acceptors (Lipinski definition) is 6. The zero-order chi connectivity index (χ0) is 16.4. The van der Waals surface area contributed by atoms with Crippen LogP contribution in [-0.4, -0.2) is 31.3 Å². The highest BCUT2D eigenvalue weighted by Gasteiger charge is 2.12. The monoisotopic (exact) mass is 328 g/mol. The Morgan fingerprint density at radius 3 is 2.52 bits per heavy atom. The number of aromatic nitrogens is 5. The lowest BCUT2D eigenvalue weighted by molar-refractivity contribution is 0.102. The van der Waals surface area contributed by atoms with Crippen molar-refractivity contribution in [1.29, 1.82) is 0 Å².